The van der Waals surface area contributed by atoms with Crippen LogP contribution in [0.3, 0.4) is 0 Å². The zero-order valence-corrected chi connectivity index (χ0v) is 18.2. The summed E-state index contributed by atoms with van der Waals surface area (Å²) in [5.41, 5.74) is 2.05. The van der Waals surface area contributed by atoms with Crippen molar-refractivity contribution in [1.82, 2.24) is 0 Å². The average molecular weight is 420 g/mol. The molecule has 0 unspecified atom stereocenters. The summed E-state index contributed by atoms with van der Waals surface area (Å²) in [4.78, 5) is 1.62. The third kappa shape index (κ3) is 7.98. The van der Waals surface area contributed by atoms with Crippen LogP contribution in [0.2, 0.25) is 0 Å². The molecule has 0 aromatic heterocycles. The number of quaternary nitrogens is 1. The van der Waals surface area contributed by atoms with E-state index in [0.29, 0.717) is 13.2 Å². The highest BCUT2D eigenvalue weighted by atomic mass is 35.5. The minimum atomic E-state index is -0.500. The molecule has 1 aliphatic rings. The van der Waals surface area contributed by atoms with Crippen LogP contribution in [0.1, 0.15) is 36.8 Å². The van der Waals surface area contributed by atoms with Gasteiger partial charge in [0.05, 0.1) is 39.0 Å². The van der Waals surface area contributed by atoms with Gasteiger partial charge in [-0.05, 0) is 36.1 Å². The molecule has 2 N–H and O–H groups in total. The Morgan fingerprint density at radius 1 is 0.966 bits per heavy atom. The molecule has 2 aromatic carbocycles. The van der Waals surface area contributed by atoms with Gasteiger partial charge in [0.1, 0.15) is 5.75 Å². The zero-order chi connectivity index (χ0) is 19.7. The SMILES string of the molecule is COc1ccc(COCCCC2(O)CC[NH+](CCc3ccccc3)CC2)cc1.[Cl-]. The lowest BCUT2D eigenvalue weighted by molar-refractivity contribution is -0.907. The third-order valence-corrected chi connectivity index (χ3v) is 5.86. The molecule has 0 aliphatic carbocycles. The summed E-state index contributed by atoms with van der Waals surface area (Å²) in [7, 11) is 1.67. The number of rotatable bonds is 10. The number of piperidine rings is 1. The van der Waals surface area contributed by atoms with Crippen molar-refractivity contribution in [3.63, 3.8) is 0 Å². The Hall–Kier alpha value is -1.59. The maximum Gasteiger partial charge on any atom is 0.118 e. The van der Waals surface area contributed by atoms with Crippen molar-refractivity contribution in [1.29, 1.82) is 0 Å². The molecule has 0 saturated carbocycles. The van der Waals surface area contributed by atoms with Crippen molar-refractivity contribution < 1.29 is 31.9 Å². The topological polar surface area (TPSA) is 43.1 Å². The highest BCUT2D eigenvalue weighted by Gasteiger charge is 2.33. The molecular weight excluding hydrogens is 386 g/mol. The van der Waals surface area contributed by atoms with E-state index in [4.69, 9.17) is 9.47 Å². The predicted octanol–water partition coefficient (Wildman–Crippen LogP) is -0.351. The molecular formula is C24H34ClNO3. The van der Waals surface area contributed by atoms with E-state index in [2.05, 4.69) is 30.3 Å². The molecule has 0 radical (unpaired) electrons. The summed E-state index contributed by atoms with van der Waals surface area (Å²) in [6, 6.07) is 18.6. The largest absolute Gasteiger partial charge is 1.00 e. The normalized spacial score (nSPS) is 21.4. The van der Waals surface area contributed by atoms with E-state index in [1.54, 1.807) is 12.0 Å². The first-order valence-electron chi connectivity index (χ1n) is 10.5. The van der Waals surface area contributed by atoms with Gasteiger partial charge < -0.3 is 31.9 Å². The van der Waals surface area contributed by atoms with Gasteiger partial charge in [-0.1, -0.05) is 42.5 Å². The second-order valence-corrected chi connectivity index (χ2v) is 7.96. The van der Waals surface area contributed by atoms with Crippen LogP contribution in [-0.4, -0.2) is 44.1 Å². The summed E-state index contributed by atoms with van der Waals surface area (Å²) in [6.07, 6.45) is 4.66. The zero-order valence-electron chi connectivity index (χ0n) is 17.4. The maximum absolute atomic E-state index is 10.9. The molecule has 160 valence electrons. The van der Waals surface area contributed by atoms with Gasteiger partial charge in [-0.15, -0.1) is 0 Å². The Kier molecular flexibility index (Phi) is 9.95. The highest BCUT2D eigenvalue weighted by Crippen LogP contribution is 2.22. The molecule has 1 heterocycles. The maximum atomic E-state index is 10.9. The van der Waals surface area contributed by atoms with Gasteiger partial charge in [0.25, 0.3) is 0 Å². The predicted molar refractivity (Wildman–Crippen MR) is 112 cm³/mol. The monoisotopic (exact) mass is 419 g/mol. The molecule has 0 bridgehead atoms. The summed E-state index contributed by atoms with van der Waals surface area (Å²) in [5, 5.41) is 10.9. The van der Waals surface area contributed by atoms with Gasteiger partial charge >= 0.3 is 0 Å². The molecule has 3 rings (SSSR count). The number of aliphatic hydroxyl groups is 1. The molecule has 2 aromatic rings. The smallest absolute Gasteiger partial charge is 0.118 e. The number of nitrogens with one attached hydrogen (secondary N) is 1. The fourth-order valence-corrected chi connectivity index (χ4v) is 3.95. The number of likely N-dealkylation sites (tertiary alicyclic amines) is 1. The molecule has 1 fully saturated rings. The van der Waals surface area contributed by atoms with Gasteiger partial charge in [-0.2, -0.15) is 0 Å². The van der Waals surface area contributed by atoms with E-state index >= 15 is 0 Å². The minimum Gasteiger partial charge on any atom is -1.00 e. The van der Waals surface area contributed by atoms with Crippen LogP contribution in [0.4, 0.5) is 0 Å². The molecule has 5 heteroatoms. The fourth-order valence-electron chi connectivity index (χ4n) is 3.95. The number of benzene rings is 2. The van der Waals surface area contributed by atoms with Crippen LogP contribution >= 0.6 is 0 Å². The molecule has 4 nitrogen and oxygen atoms in total. The van der Waals surface area contributed by atoms with Gasteiger partial charge in [0.15, 0.2) is 0 Å². The molecule has 1 saturated heterocycles. The van der Waals surface area contributed by atoms with Crippen LogP contribution in [0.5, 0.6) is 5.75 Å². The summed E-state index contributed by atoms with van der Waals surface area (Å²) in [5.74, 6) is 0.864. The lowest BCUT2D eigenvalue weighted by Gasteiger charge is -2.36. The quantitative estimate of drug-likeness (QED) is 0.517. The second kappa shape index (κ2) is 12.2. The number of hydrogen-bond donors (Lipinski definition) is 2. The van der Waals surface area contributed by atoms with Crippen LogP contribution in [-0.2, 0) is 17.8 Å². The minimum absolute atomic E-state index is 0. The van der Waals surface area contributed by atoms with Crippen molar-refractivity contribution in [3.8, 4) is 5.75 Å². The molecule has 1 aliphatic heterocycles. The molecule has 0 amide bonds. The molecule has 29 heavy (non-hydrogen) atoms. The van der Waals surface area contributed by atoms with Crippen molar-refractivity contribution >= 4 is 0 Å². The second-order valence-electron chi connectivity index (χ2n) is 7.96. The first-order chi connectivity index (χ1) is 13.7. The van der Waals surface area contributed by atoms with Crippen LogP contribution in [0.15, 0.2) is 54.6 Å². The van der Waals surface area contributed by atoms with E-state index in [1.807, 2.05) is 24.3 Å². The van der Waals surface area contributed by atoms with Crippen LogP contribution < -0.4 is 22.0 Å². The van der Waals surface area contributed by atoms with E-state index in [-0.39, 0.29) is 12.4 Å². The standard InChI is InChI=1S/C24H33NO3.ClH/c1-27-23-10-8-22(9-11-23)20-28-19-5-13-24(26)14-17-25(18-15-24)16-12-21-6-3-2-4-7-21;/h2-4,6-11,26H,5,12-20H2,1H3;1H. The summed E-state index contributed by atoms with van der Waals surface area (Å²) in [6.45, 7) is 4.59. The van der Waals surface area contributed by atoms with Gasteiger partial charge in [-0.3, -0.25) is 0 Å². The van der Waals surface area contributed by atoms with Crippen molar-refractivity contribution in [2.45, 2.75) is 44.3 Å². The highest BCUT2D eigenvalue weighted by molar-refractivity contribution is 5.26. The lowest BCUT2D eigenvalue weighted by Crippen LogP contribution is -3.13. The van der Waals surface area contributed by atoms with Crippen molar-refractivity contribution in [2.24, 2.45) is 0 Å². The molecule has 0 spiro atoms. The van der Waals surface area contributed by atoms with Crippen molar-refractivity contribution in [2.75, 3.05) is 33.4 Å². The summed E-state index contributed by atoms with van der Waals surface area (Å²) >= 11 is 0. The Morgan fingerprint density at radius 2 is 1.66 bits per heavy atom. The van der Waals surface area contributed by atoms with E-state index < -0.39 is 5.60 Å². The Morgan fingerprint density at radius 3 is 2.31 bits per heavy atom. The van der Waals surface area contributed by atoms with Gasteiger partial charge in [-0.25, -0.2) is 0 Å². The van der Waals surface area contributed by atoms with Crippen LogP contribution in [0, 0.1) is 0 Å². The number of ether oxygens (including phenoxy) is 2. The Balaban J connectivity index is 0.00000300. The molecule has 0 atom stereocenters. The van der Waals surface area contributed by atoms with E-state index in [1.165, 1.54) is 5.56 Å². The van der Waals surface area contributed by atoms with Crippen LogP contribution in [0.25, 0.3) is 0 Å². The fraction of sp³-hybridized carbons (Fsp3) is 0.500. The lowest BCUT2D eigenvalue weighted by atomic mass is 9.87. The van der Waals surface area contributed by atoms with Gasteiger partial charge in [0, 0.05) is 25.9 Å². The number of methoxy groups -OCH3 is 1. The van der Waals surface area contributed by atoms with Gasteiger partial charge in [0.2, 0.25) is 0 Å². The number of halogens is 1. The summed E-state index contributed by atoms with van der Waals surface area (Å²) < 4.78 is 10.9. The first kappa shape index (κ1) is 23.7. The average Bonchev–Trinajstić information content (AvgIpc) is 2.74. The number of hydrogen-bond acceptors (Lipinski definition) is 3. The first-order valence-corrected chi connectivity index (χ1v) is 10.5. The van der Waals surface area contributed by atoms with E-state index in [9.17, 15) is 5.11 Å². The van der Waals surface area contributed by atoms with Crippen molar-refractivity contribution in [3.05, 3.63) is 65.7 Å². The van der Waals surface area contributed by atoms with E-state index in [0.717, 1.165) is 63.1 Å². The Labute approximate surface area is 181 Å². The third-order valence-electron chi connectivity index (χ3n) is 5.86. The Bertz CT molecular complexity index is 685.